The number of benzene rings is 6. The molecule has 0 spiro atoms. The summed E-state index contributed by atoms with van der Waals surface area (Å²) in [6.07, 6.45) is 0. The summed E-state index contributed by atoms with van der Waals surface area (Å²) in [6, 6.07) is 29.2. The molecule has 6 aromatic carbocycles. The van der Waals surface area contributed by atoms with Crippen molar-refractivity contribution in [2.45, 2.75) is 85.5 Å². The monoisotopic (exact) mass is 582 g/mol. The normalized spacial score (nSPS) is 17.2. The minimum Gasteiger partial charge on any atom is -0.0534 e. The molecule has 0 heterocycles. The second kappa shape index (κ2) is 8.16. The van der Waals surface area contributed by atoms with Gasteiger partial charge in [0.2, 0.25) is 0 Å². The summed E-state index contributed by atoms with van der Waals surface area (Å²) in [5.41, 5.74) is 22.7. The lowest BCUT2D eigenvalue weighted by atomic mass is 9.69. The van der Waals surface area contributed by atoms with Gasteiger partial charge in [0.05, 0.1) is 0 Å². The maximum Gasteiger partial charge on any atom is 0.0165 e. The zero-order valence-electron chi connectivity index (χ0n) is 28.4. The fourth-order valence-corrected chi connectivity index (χ4v) is 9.73. The Balaban J connectivity index is 1.29. The van der Waals surface area contributed by atoms with E-state index >= 15 is 0 Å². The number of hydrogen-bond acceptors (Lipinski definition) is 0. The molecular weight excluding hydrogens is 540 g/mol. The summed E-state index contributed by atoms with van der Waals surface area (Å²) in [4.78, 5) is 0. The molecule has 0 nitrogen and oxygen atoms in total. The van der Waals surface area contributed by atoms with Crippen molar-refractivity contribution in [3.8, 4) is 33.4 Å². The molecule has 3 aliphatic rings. The van der Waals surface area contributed by atoms with Gasteiger partial charge in [-0.15, -0.1) is 0 Å². The van der Waals surface area contributed by atoms with Gasteiger partial charge in [-0.2, -0.15) is 0 Å². The van der Waals surface area contributed by atoms with Gasteiger partial charge >= 0.3 is 0 Å². The first-order chi connectivity index (χ1) is 21.2. The van der Waals surface area contributed by atoms with E-state index in [4.69, 9.17) is 0 Å². The molecule has 0 saturated carbocycles. The molecule has 45 heavy (non-hydrogen) atoms. The third-order valence-electron chi connectivity index (χ3n) is 12.3. The fraction of sp³-hybridized carbons (Fsp3) is 0.289. The molecule has 0 unspecified atom stereocenters. The first-order valence-corrected chi connectivity index (χ1v) is 16.7. The number of hydrogen-bond donors (Lipinski definition) is 0. The highest BCUT2D eigenvalue weighted by Crippen LogP contribution is 2.63. The van der Waals surface area contributed by atoms with E-state index in [2.05, 4.69) is 142 Å². The van der Waals surface area contributed by atoms with Gasteiger partial charge in [-0.1, -0.05) is 90.1 Å². The van der Waals surface area contributed by atoms with Gasteiger partial charge < -0.3 is 0 Å². The molecule has 0 amide bonds. The van der Waals surface area contributed by atoms with E-state index in [0.29, 0.717) is 0 Å². The smallest absolute Gasteiger partial charge is 0.0165 e. The molecule has 0 radical (unpaired) electrons. The van der Waals surface area contributed by atoms with Gasteiger partial charge in [-0.25, -0.2) is 0 Å². The Hall–Kier alpha value is -4.16. The van der Waals surface area contributed by atoms with Crippen LogP contribution >= 0.6 is 0 Å². The van der Waals surface area contributed by atoms with Crippen molar-refractivity contribution >= 4 is 21.5 Å². The summed E-state index contributed by atoms with van der Waals surface area (Å²) in [5, 5.41) is 5.40. The zero-order valence-corrected chi connectivity index (χ0v) is 28.4. The molecule has 0 saturated heterocycles. The highest BCUT2D eigenvalue weighted by atomic mass is 14.5. The molecule has 0 aromatic heterocycles. The molecule has 0 fully saturated rings. The second-order valence-electron chi connectivity index (χ2n) is 16.1. The SMILES string of the molecule is Cc1cc2cc3c(cc2cc1C)C(C)(C)c1c-3ccc2c1C(C)(C)c1c-2ccc2c1C(C)(C)c1cc3cc(C)c(C)cc3cc1-2. The van der Waals surface area contributed by atoms with Crippen molar-refractivity contribution in [1.29, 1.82) is 0 Å². The third kappa shape index (κ3) is 3.18. The number of rotatable bonds is 0. The van der Waals surface area contributed by atoms with E-state index in [0.717, 1.165) is 0 Å². The van der Waals surface area contributed by atoms with Gasteiger partial charge in [-0.3, -0.25) is 0 Å². The summed E-state index contributed by atoms with van der Waals surface area (Å²) in [6.45, 7) is 23.8. The van der Waals surface area contributed by atoms with Crippen LogP contribution in [0.4, 0.5) is 0 Å². The molecule has 0 N–H and O–H groups in total. The van der Waals surface area contributed by atoms with Crippen LogP contribution in [0.1, 0.15) is 97.2 Å². The van der Waals surface area contributed by atoms with Crippen LogP contribution in [0.5, 0.6) is 0 Å². The first kappa shape index (κ1) is 27.2. The standard InChI is InChI=1S/C45H42/c1-23-15-27-19-35-33-13-11-31-32-12-14-34-36-20-28-16-24(2)26(4)18-30(28)22-38(36)44(7,8)40(34)42(32)45(9,10)41(31)39(33)43(5,6)37(35)21-29(27)17-25(23)3/h11-22H,1-10H3. The molecular formula is C45H42. The van der Waals surface area contributed by atoms with Crippen molar-refractivity contribution in [3.05, 3.63) is 128 Å². The molecule has 0 heteroatoms. The van der Waals surface area contributed by atoms with Crippen LogP contribution in [0.15, 0.2) is 72.8 Å². The quantitative estimate of drug-likeness (QED) is 0.167. The summed E-state index contributed by atoms with van der Waals surface area (Å²) in [7, 11) is 0. The van der Waals surface area contributed by atoms with Crippen LogP contribution in [0, 0.1) is 27.7 Å². The van der Waals surface area contributed by atoms with Gasteiger partial charge in [0.25, 0.3) is 0 Å². The van der Waals surface area contributed by atoms with Gasteiger partial charge in [0.1, 0.15) is 0 Å². The third-order valence-corrected chi connectivity index (χ3v) is 12.3. The number of fused-ring (bicyclic) bond motifs is 13. The Labute approximate surface area is 268 Å². The molecule has 0 bridgehead atoms. The summed E-state index contributed by atoms with van der Waals surface area (Å²) < 4.78 is 0. The molecule has 9 rings (SSSR count). The first-order valence-electron chi connectivity index (χ1n) is 16.7. The predicted octanol–water partition coefficient (Wildman–Crippen LogP) is 12.1. The van der Waals surface area contributed by atoms with Crippen molar-refractivity contribution in [2.75, 3.05) is 0 Å². The lowest BCUT2D eigenvalue weighted by Gasteiger charge is -2.34. The highest BCUT2D eigenvalue weighted by Gasteiger charge is 2.50. The van der Waals surface area contributed by atoms with Crippen LogP contribution in [0.25, 0.3) is 54.9 Å². The van der Waals surface area contributed by atoms with Crippen molar-refractivity contribution in [3.63, 3.8) is 0 Å². The van der Waals surface area contributed by atoms with Crippen molar-refractivity contribution in [2.24, 2.45) is 0 Å². The van der Waals surface area contributed by atoms with E-state index in [1.54, 1.807) is 0 Å². The van der Waals surface area contributed by atoms with E-state index in [1.807, 2.05) is 0 Å². The van der Waals surface area contributed by atoms with Gasteiger partial charge in [0, 0.05) is 16.2 Å². The maximum atomic E-state index is 2.50. The van der Waals surface area contributed by atoms with E-state index in [1.165, 1.54) is 111 Å². The topological polar surface area (TPSA) is 0 Å². The van der Waals surface area contributed by atoms with Crippen molar-refractivity contribution < 1.29 is 0 Å². The van der Waals surface area contributed by atoms with E-state index in [-0.39, 0.29) is 16.2 Å². The molecule has 0 aliphatic heterocycles. The van der Waals surface area contributed by atoms with E-state index < -0.39 is 0 Å². The molecule has 3 aliphatic carbocycles. The van der Waals surface area contributed by atoms with Crippen LogP contribution in [0.2, 0.25) is 0 Å². The number of aryl methyl sites for hydroxylation is 4. The van der Waals surface area contributed by atoms with Gasteiger partial charge in [0.15, 0.2) is 0 Å². The molecule has 0 atom stereocenters. The Kier molecular flexibility index (Phi) is 4.93. The van der Waals surface area contributed by atoms with E-state index in [9.17, 15) is 0 Å². The van der Waals surface area contributed by atoms with Crippen LogP contribution in [0.3, 0.4) is 0 Å². The van der Waals surface area contributed by atoms with Crippen LogP contribution in [-0.4, -0.2) is 0 Å². The Morgan fingerprint density at radius 1 is 0.311 bits per heavy atom. The minimum atomic E-state index is -0.126. The summed E-state index contributed by atoms with van der Waals surface area (Å²) in [5.74, 6) is 0. The van der Waals surface area contributed by atoms with Crippen LogP contribution < -0.4 is 0 Å². The minimum absolute atomic E-state index is 0.0859. The lowest BCUT2D eigenvalue weighted by Crippen LogP contribution is -2.27. The average Bonchev–Trinajstić information content (AvgIpc) is 3.45. The Bertz CT molecular complexity index is 2200. The maximum absolute atomic E-state index is 2.50. The Morgan fingerprint density at radius 3 is 0.911 bits per heavy atom. The average molecular weight is 583 g/mol. The predicted molar refractivity (Wildman–Crippen MR) is 193 cm³/mol. The van der Waals surface area contributed by atoms with Crippen LogP contribution in [-0.2, 0) is 16.2 Å². The highest BCUT2D eigenvalue weighted by molar-refractivity contribution is 6.00. The largest absolute Gasteiger partial charge is 0.0534 e. The second-order valence-corrected chi connectivity index (χ2v) is 16.1. The Morgan fingerprint density at radius 2 is 0.578 bits per heavy atom. The molecule has 6 aromatic rings. The lowest BCUT2D eigenvalue weighted by molar-refractivity contribution is 0.578. The molecule has 222 valence electrons. The zero-order chi connectivity index (χ0) is 31.5. The van der Waals surface area contributed by atoms with Gasteiger partial charge in [-0.05, 0) is 163 Å². The summed E-state index contributed by atoms with van der Waals surface area (Å²) >= 11 is 0. The fourth-order valence-electron chi connectivity index (χ4n) is 9.73. The van der Waals surface area contributed by atoms with Crippen molar-refractivity contribution in [1.82, 2.24) is 0 Å².